The van der Waals surface area contributed by atoms with Gasteiger partial charge in [0, 0.05) is 24.7 Å². The third-order valence-electron chi connectivity index (χ3n) is 2.43. The lowest BCUT2D eigenvalue weighted by Crippen LogP contribution is -1.95. The maximum absolute atomic E-state index is 11.6. The van der Waals surface area contributed by atoms with Gasteiger partial charge in [-0.25, -0.2) is 0 Å². The topological polar surface area (TPSA) is 34.1 Å². The van der Waals surface area contributed by atoms with Crippen molar-refractivity contribution in [1.82, 2.24) is 0 Å². The van der Waals surface area contributed by atoms with Crippen LogP contribution in [0.1, 0.15) is 42.6 Å². The van der Waals surface area contributed by atoms with E-state index in [0.29, 0.717) is 6.42 Å². The molecular weight excluding hydrogens is 244 g/mol. The third kappa shape index (κ3) is 5.32. The predicted octanol–water partition coefficient (Wildman–Crippen LogP) is 3.96. The SMILES string of the molecule is CCC(=O)c1cccc(C=CCCSC(C)=O)c1. The van der Waals surface area contributed by atoms with Crippen molar-refractivity contribution in [1.29, 1.82) is 0 Å². The molecule has 0 aliphatic heterocycles. The van der Waals surface area contributed by atoms with E-state index in [4.69, 9.17) is 0 Å². The lowest BCUT2D eigenvalue weighted by molar-refractivity contribution is -0.109. The number of hydrogen-bond donors (Lipinski definition) is 0. The minimum absolute atomic E-state index is 0.152. The second kappa shape index (κ2) is 7.88. The molecule has 2 nitrogen and oxygen atoms in total. The molecule has 0 N–H and O–H groups in total. The van der Waals surface area contributed by atoms with Gasteiger partial charge in [0.15, 0.2) is 10.9 Å². The van der Waals surface area contributed by atoms with Gasteiger partial charge in [-0.05, 0) is 18.1 Å². The number of ketones is 1. The van der Waals surface area contributed by atoms with Crippen LogP contribution in [0.25, 0.3) is 6.08 Å². The Kier molecular flexibility index (Phi) is 6.44. The Morgan fingerprint density at radius 1 is 1.33 bits per heavy atom. The van der Waals surface area contributed by atoms with Crippen molar-refractivity contribution >= 4 is 28.7 Å². The maximum Gasteiger partial charge on any atom is 0.185 e. The Balaban J connectivity index is 2.54. The maximum atomic E-state index is 11.6. The molecule has 18 heavy (non-hydrogen) atoms. The van der Waals surface area contributed by atoms with E-state index in [9.17, 15) is 9.59 Å². The van der Waals surface area contributed by atoms with Gasteiger partial charge in [-0.1, -0.05) is 49.0 Å². The van der Waals surface area contributed by atoms with E-state index in [0.717, 1.165) is 23.3 Å². The molecule has 1 rings (SSSR count). The quantitative estimate of drug-likeness (QED) is 0.575. The highest BCUT2D eigenvalue weighted by atomic mass is 32.2. The van der Waals surface area contributed by atoms with Gasteiger partial charge in [0.1, 0.15) is 0 Å². The fourth-order valence-corrected chi connectivity index (χ4v) is 2.05. The summed E-state index contributed by atoms with van der Waals surface area (Å²) in [5, 5.41) is 0.152. The van der Waals surface area contributed by atoms with Gasteiger partial charge in [0.05, 0.1) is 0 Å². The monoisotopic (exact) mass is 262 g/mol. The zero-order valence-corrected chi connectivity index (χ0v) is 11.6. The highest BCUT2D eigenvalue weighted by Gasteiger charge is 2.01. The van der Waals surface area contributed by atoms with Crippen LogP contribution in [0, 0.1) is 0 Å². The normalized spacial score (nSPS) is 10.8. The molecule has 0 unspecified atom stereocenters. The van der Waals surface area contributed by atoms with Crippen molar-refractivity contribution in [2.45, 2.75) is 26.7 Å². The number of hydrogen-bond acceptors (Lipinski definition) is 3. The number of Topliss-reactive ketones (excluding diaryl/α,β-unsaturated/α-hetero) is 1. The highest BCUT2D eigenvalue weighted by molar-refractivity contribution is 8.13. The first kappa shape index (κ1) is 14.7. The highest BCUT2D eigenvalue weighted by Crippen LogP contribution is 2.10. The molecule has 0 spiro atoms. The zero-order chi connectivity index (χ0) is 13.4. The lowest BCUT2D eigenvalue weighted by atomic mass is 10.1. The number of thioether (sulfide) groups is 1. The van der Waals surface area contributed by atoms with Crippen molar-refractivity contribution in [3.63, 3.8) is 0 Å². The summed E-state index contributed by atoms with van der Waals surface area (Å²) in [5.41, 5.74) is 1.79. The molecule has 0 fully saturated rings. The van der Waals surface area contributed by atoms with Crippen LogP contribution in [-0.2, 0) is 4.79 Å². The Labute approximate surface area is 112 Å². The van der Waals surface area contributed by atoms with Crippen molar-refractivity contribution in [3.05, 3.63) is 41.5 Å². The van der Waals surface area contributed by atoms with E-state index in [1.54, 1.807) is 6.92 Å². The fourth-order valence-electron chi connectivity index (χ4n) is 1.51. The average molecular weight is 262 g/mol. The lowest BCUT2D eigenvalue weighted by Gasteiger charge is -1.99. The number of carbonyl (C=O) groups excluding carboxylic acids is 2. The van der Waals surface area contributed by atoms with Crippen LogP contribution in [0.4, 0.5) is 0 Å². The van der Waals surface area contributed by atoms with Gasteiger partial charge in [-0.15, -0.1) is 0 Å². The summed E-state index contributed by atoms with van der Waals surface area (Å²) in [6.07, 6.45) is 5.41. The van der Waals surface area contributed by atoms with Crippen LogP contribution in [0.5, 0.6) is 0 Å². The minimum Gasteiger partial charge on any atom is -0.294 e. The molecule has 0 bridgehead atoms. The number of carbonyl (C=O) groups is 2. The van der Waals surface area contributed by atoms with Gasteiger partial charge in [0.25, 0.3) is 0 Å². The van der Waals surface area contributed by atoms with E-state index in [1.807, 2.05) is 43.3 Å². The zero-order valence-electron chi connectivity index (χ0n) is 10.8. The van der Waals surface area contributed by atoms with Crippen LogP contribution < -0.4 is 0 Å². The number of rotatable bonds is 6. The fraction of sp³-hybridized carbons (Fsp3) is 0.333. The first-order chi connectivity index (χ1) is 8.63. The van der Waals surface area contributed by atoms with E-state index >= 15 is 0 Å². The largest absolute Gasteiger partial charge is 0.294 e. The summed E-state index contributed by atoms with van der Waals surface area (Å²) in [6, 6.07) is 7.61. The smallest absolute Gasteiger partial charge is 0.185 e. The van der Waals surface area contributed by atoms with Gasteiger partial charge < -0.3 is 0 Å². The van der Waals surface area contributed by atoms with Crippen molar-refractivity contribution in [2.75, 3.05) is 5.75 Å². The molecule has 0 saturated carbocycles. The predicted molar refractivity (Wildman–Crippen MR) is 77.9 cm³/mol. The number of benzene rings is 1. The molecule has 1 aromatic carbocycles. The molecule has 0 aromatic heterocycles. The third-order valence-corrected chi connectivity index (χ3v) is 3.28. The van der Waals surface area contributed by atoms with Gasteiger partial charge >= 0.3 is 0 Å². The Hall–Kier alpha value is -1.35. The van der Waals surface area contributed by atoms with Crippen LogP contribution in [-0.4, -0.2) is 16.7 Å². The molecule has 0 aliphatic carbocycles. The van der Waals surface area contributed by atoms with Gasteiger partial charge in [-0.2, -0.15) is 0 Å². The summed E-state index contributed by atoms with van der Waals surface area (Å²) < 4.78 is 0. The average Bonchev–Trinajstić information content (AvgIpc) is 2.37. The molecule has 0 atom stereocenters. The Morgan fingerprint density at radius 2 is 2.11 bits per heavy atom. The van der Waals surface area contributed by atoms with Gasteiger partial charge in [0.2, 0.25) is 0 Å². The first-order valence-electron chi connectivity index (χ1n) is 6.06. The van der Waals surface area contributed by atoms with E-state index in [2.05, 4.69) is 0 Å². The summed E-state index contributed by atoms with van der Waals surface area (Å²) >= 11 is 1.33. The summed E-state index contributed by atoms with van der Waals surface area (Å²) in [7, 11) is 0. The Bertz CT molecular complexity index is 450. The summed E-state index contributed by atoms with van der Waals surface area (Å²) in [5.74, 6) is 0.969. The molecule has 0 radical (unpaired) electrons. The second-order valence-corrected chi connectivity index (χ2v) is 5.21. The van der Waals surface area contributed by atoms with Crippen LogP contribution >= 0.6 is 11.8 Å². The molecule has 3 heteroatoms. The van der Waals surface area contributed by atoms with Crippen LogP contribution in [0.3, 0.4) is 0 Å². The van der Waals surface area contributed by atoms with Crippen molar-refractivity contribution in [2.24, 2.45) is 0 Å². The Morgan fingerprint density at radius 3 is 2.78 bits per heavy atom. The first-order valence-corrected chi connectivity index (χ1v) is 7.05. The van der Waals surface area contributed by atoms with E-state index in [1.165, 1.54) is 11.8 Å². The molecule has 0 aliphatic rings. The van der Waals surface area contributed by atoms with E-state index in [-0.39, 0.29) is 10.9 Å². The molecule has 0 amide bonds. The standard InChI is InChI=1S/C15H18O2S/c1-3-15(17)14-9-6-8-13(11-14)7-4-5-10-18-12(2)16/h4,6-9,11H,3,5,10H2,1-2H3. The van der Waals surface area contributed by atoms with E-state index < -0.39 is 0 Å². The molecule has 0 saturated heterocycles. The summed E-state index contributed by atoms with van der Waals surface area (Å²) in [6.45, 7) is 3.44. The van der Waals surface area contributed by atoms with Crippen LogP contribution in [0.15, 0.2) is 30.3 Å². The van der Waals surface area contributed by atoms with Crippen molar-refractivity contribution in [3.8, 4) is 0 Å². The summed E-state index contributed by atoms with van der Waals surface area (Å²) in [4.78, 5) is 22.3. The van der Waals surface area contributed by atoms with Gasteiger partial charge in [-0.3, -0.25) is 9.59 Å². The molecule has 96 valence electrons. The molecule has 0 heterocycles. The molecular formula is C15H18O2S. The second-order valence-electron chi connectivity index (χ2n) is 3.93. The number of allylic oxidation sites excluding steroid dienone is 1. The molecule has 1 aromatic rings. The minimum atomic E-state index is 0.152. The van der Waals surface area contributed by atoms with Crippen LogP contribution in [0.2, 0.25) is 0 Å². The van der Waals surface area contributed by atoms with Crippen molar-refractivity contribution < 1.29 is 9.59 Å².